The van der Waals surface area contributed by atoms with Gasteiger partial charge >= 0.3 is 0 Å². The number of carbonyl (C=O) groups excluding carboxylic acids is 1. The Labute approximate surface area is 217 Å². The number of likely N-dealkylation sites (tertiary alicyclic amines) is 1. The minimum Gasteiger partial charge on any atom is -0.493 e. The maximum Gasteiger partial charge on any atom is 0.252 e. The zero-order valence-electron chi connectivity index (χ0n) is 21.2. The van der Waals surface area contributed by atoms with Crippen LogP contribution in [0.2, 0.25) is 0 Å². The third-order valence-electron chi connectivity index (χ3n) is 10.3. The lowest BCUT2D eigenvalue weighted by Crippen LogP contribution is -2.78. The first kappa shape index (κ1) is 22.4. The average Bonchev–Trinajstić information content (AvgIpc) is 3.83. The Hall–Kier alpha value is -2.61. The molecule has 2 aromatic carbocycles. The van der Waals surface area contributed by atoms with E-state index in [0.29, 0.717) is 25.1 Å². The second-order valence-electron chi connectivity index (χ2n) is 12.1. The quantitative estimate of drug-likeness (QED) is 0.591. The molecule has 2 saturated heterocycles. The molecule has 4 fully saturated rings. The molecule has 3 aliphatic carbocycles. The summed E-state index contributed by atoms with van der Waals surface area (Å²) < 4.78 is 18.9. The fourth-order valence-corrected chi connectivity index (χ4v) is 8.39. The molecule has 3 aliphatic heterocycles. The van der Waals surface area contributed by atoms with Crippen molar-refractivity contribution in [3.8, 4) is 11.5 Å². The lowest BCUT2D eigenvalue weighted by molar-refractivity contribution is -0.201. The lowest BCUT2D eigenvalue weighted by Gasteiger charge is -2.64. The molecule has 2 saturated carbocycles. The predicted molar refractivity (Wildman–Crippen MR) is 136 cm³/mol. The van der Waals surface area contributed by atoms with Crippen molar-refractivity contribution in [3.63, 3.8) is 0 Å². The van der Waals surface area contributed by atoms with Crippen molar-refractivity contribution in [2.75, 3.05) is 20.2 Å². The van der Waals surface area contributed by atoms with Gasteiger partial charge in [0.15, 0.2) is 17.6 Å². The number of rotatable bonds is 6. The molecule has 6 aliphatic rings. The summed E-state index contributed by atoms with van der Waals surface area (Å²) in [7, 11) is 1.67. The number of amides is 1. The molecule has 2 aromatic rings. The largest absolute Gasteiger partial charge is 0.493 e. The fourth-order valence-electron chi connectivity index (χ4n) is 8.39. The van der Waals surface area contributed by atoms with E-state index in [9.17, 15) is 9.90 Å². The number of epoxide rings is 1. The first-order valence-corrected chi connectivity index (χ1v) is 13.8. The number of piperidine rings is 1. The van der Waals surface area contributed by atoms with Crippen LogP contribution in [0.5, 0.6) is 11.5 Å². The summed E-state index contributed by atoms with van der Waals surface area (Å²) in [6, 6.07) is 14.1. The number of nitrogens with zero attached hydrogens (tertiary/aromatic N) is 1. The SMILES string of the molecule is COc1ccc2c3c1OC1C4(CCC5(O)C(C2)N(CC2CC2)CCC315)O[C@H]4C(=O)NCc1ccccc1. The Balaban J connectivity index is 1.17. The summed E-state index contributed by atoms with van der Waals surface area (Å²) in [4.78, 5) is 15.9. The Morgan fingerprint density at radius 2 is 2.00 bits per heavy atom. The van der Waals surface area contributed by atoms with Gasteiger partial charge in [0.2, 0.25) is 0 Å². The van der Waals surface area contributed by atoms with Gasteiger partial charge in [-0.05, 0) is 68.2 Å². The molecule has 6 atom stereocenters. The van der Waals surface area contributed by atoms with E-state index in [-0.39, 0.29) is 11.9 Å². The van der Waals surface area contributed by atoms with Crippen LogP contribution in [0, 0.1) is 5.92 Å². The fraction of sp³-hybridized carbons (Fsp3) is 0.567. The van der Waals surface area contributed by atoms with E-state index in [1.54, 1.807) is 7.11 Å². The minimum absolute atomic E-state index is 0.0567. The summed E-state index contributed by atoms with van der Waals surface area (Å²) in [6.45, 7) is 2.46. The van der Waals surface area contributed by atoms with Gasteiger partial charge in [0.05, 0.1) is 18.1 Å². The Morgan fingerprint density at radius 1 is 1.16 bits per heavy atom. The molecule has 7 heteroatoms. The number of carbonyl (C=O) groups is 1. The van der Waals surface area contributed by atoms with Crippen LogP contribution in [0.4, 0.5) is 0 Å². The van der Waals surface area contributed by atoms with Crippen LogP contribution in [0.3, 0.4) is 0 Å². The van der Waals surface area contributed by atoms with Crippen molar-refractivity contribution in [1.29, 1.82) is 0 Å². The van der Waals surface area contributed by atoms with Crippen molar-refractivity contribution in [1.82, 2.24) is 10.2 Å². The number of nitrogens with one attached hydrogen (secondary N) is 1. The third-order valence-corrected chi connectivity index (χ3v) is 10.3. The summed E-state index contributed by atoms with van der Waals surface area (Å²) in [5, 5.41) is 15.8. The van der Waals surface area contributed by atoms with E-state index < -0.39 is 28.8 Å². The summed E-state index contributed by atoms with van der Waals surface area (Å²) in [5.74, 6) is 2.11. The average molecular weight is 503 g/mol. The van der Waals surface area contributed by atoms with Crippen LogP contribution in [0.15, 0.2) is 42.5 Å². The van der Waals surface area contributed by atoms with Crippen LogP contribution in [-0.2, 0) is 27.9 Å². The third kappa shape index (κ3) is 2.85. The molecule has 7 nitrogen and oxygen atoms in total. The van der Waals surface area contributed by atoms with E-state index in [4.69, 9.17) is 14.2 Å². The molecule has 1 amide bonds. The number of hydrogen-bond donors (Lipinski definition) is 2. The van der Waals surface area contributed by atoms with E-state index in [0.717, 1.165) is 48.7 Å². The van der Waals surface area contributed by atoms with Gasteiger partial charge in [-0.15, -0.1) is 0 Å². The van der Waals surface area contributed by atoms with E-state index in [2.05, 4.69) is 16.3 Å². The molecule has 8 rings (SSSR count). The maximum absolute atomic E-state index is 13.3. The zero-order valence-corrected chi connectivity index (χ0v) is 21.2. The van der Waals surface area contributed by atoms with E-state index in [1.165, 1.54) is 18.4 Å². The first-order valence-electron chi connectivity index (χ1n) is 13.8. The molecule has 2 bridgehead atoms. The number of hydrogen-bond acceptors (Lipinski definition) is 6. The Kier molecular flexibility index (Phi) is 4.53. The molecule has 0 radical (unpaired) electrons. The van der Waals surface area contributed by atoms with E-state index >= 15 is 0 Å². The number of benzene rings is 2. The van der Waals surface area contributed by atoms with Gasteiger partial charge in [-0.25, -0.2) is 0 Å². The molecular weight excluding hydrogens is 468 g/mol. The van der Waals surface area contributed by atoms with Crippen LogP contribution in [0.25, 0.3) is 0 Å². The second kappa shape index (κ2) is 7.49. The summed E-state index contributed by atoms with van der Waals surface area (Å²) in [5.41, 5.74) is 1.17. The maximum atomic E-state index is 13.3. The lowest BCUT2D eigenvalue weighted by atomic mass is 9.47. The van der Waals surface area contributed by atoms with Gasteiger partial charge < -0.3 is 24.6 Å². The van der Waals surface area contributed by atoms with Crippen LogP contribution in [-0.4, -0.2) is 65.6 Å². The topological polar surface area (TPSA) is 83.6 Å². The second-order valence-corrected chi connectivity index (χ2v) is 12.1. The zero-order chi connectivity index (χ0) is 25.0. The van der Waals surface area contributed by atoms with Crippen molar-refractivity contribution < 1.29 is 24.1 Å². The molecule has 2 spiro atoms. The highest BCUT2D eigenvalue weighted by Crippen LogP contribution is 2.70. The van der Waals surface area contributed by atoms with Crippen molar-refractivity contribution in [2.45, 2.75) is 79.9 Å². The minimum atomic E-state index is -0.919. The van der Waals surface area contributed by atoms with Gasteiger partial charge in [-0.2, -0.15) is 0 Å². The summed E-state index contributed by atoms with van der Waals surface area (Å²) in [6.07, 6.45) is 4.45. The standard InChI is InChI=1S/C30H34N2O5/c1-35-21-10-9-20-15-22-30(34)12-11-29(25(37-29)26(33)31-16-18-5-3-2-4-6-18)27-28(30,23(20)24(21)36-27)13-14-32(22)17-19-7-8-19/h2-6,9-10,19,22,25,27,34H,7-8,11-17H2,1H3,(H,31,33)/t22?,25-,27?,28?,29?,30?/m0/s1. The van der Waals surface area contributed by atoms with E-state index in [1.807, 2.05) is 36.4 Å². The van der Waals surface area contributed by atoms with Gasteiger partial charge in [-0.3, -0.25) is 9.69 Å². The smallest absolute Gasteiger partial charge is 0.252 e. The monoisotopic (exact) mass is 502 g/mol. The molecule has 2 N–H and O–H groups in total. The van der Waals surface area contributed by atoms with Crippen LogP contribution in [0.1, 0.15) is 48.8 Å². The highest BCUT2D eigenvalue weighted by molar-refractivity contribution is 5.85. The van der Waals surface area contributed by atoms with Crippen molar-refractivity contribution in [3.05, 3.63) is 59.2 Å². The van der Waals surface area contributed by atoms with Crippen LogP contribution < -0.4 is 14.8 Å². The number of methoxy groups -OCH3 is 1. The molecule has 194 valence electrons. The predicted octanol–water partition coefficient (Wildman–Crippen LogP) is 2.71. The van der Waals surface area contributed by atoms with Gasteiger partial charge in [0, 0.05) is 24.7 Å². The number of aliphatic hydroxyl groups is 1. The van der Waals surface area contributed by atoms with Crippen molar-refractivity contribution >= 4 is 5.91 Å². The van der Waals surface area contributed by atoms with Crippen molar-refractivity contribution in [2.24, 2.45) is 5.92 Å². The molecule has 3 heterocycles. The highest BCUT2D eigenvalue weighted by atomic mass is 16.7. The van der Waals surface area contributed by atoms with Gasteiger partial charge in [0.25, 0.3) is 5.91 Å². The molecule has 0 aromatic heterocycles. The number of fused-ring (bicyclic) bond motifs is 1. The normalized spacial score (nSPS) is 38.6. The Morgan fingerprint density at radius 3 is 2.78 bits per heavy atom. The van der Waals surface area contributed by atoms with Gasteiger partial charge in [0.1, 0.15) is 11.7 Å². The molecule has 5 unspecified atom stereocenters. The first-order chi connectivity index (χ1) is 18.0. The number of ether oxygens (including phenoxy) is 3. The van der Waals surface area contributed by atoms with Crippen LogP contribution >= 0.6 is 0 Å². The highest BCUT2D eigenvalue weighted by Gasteiger charge is 2.82. The summed E-state index contributed by atoms with van der Waals surface area (Å²) >= 11 is 0. The molecule has 37 heavy (non-hydrogen) atoms. The molecular formula is C30H34N2O5. The van der Waals surface area contributed by atoms with Gasteiger partial charge in [-0.1, -0.05) is 36.4 Å². The Bertz CT molecular complexity index is 1280.